The summed E-state index contributed by atoms with van der Waals surface area (Å²) in [6.45, 7) is 3.13. The quantitative estimate of drug-likeness (QED) is 0.590. The number of hydrogen-bond donors (Lipinski definition) is 2. The van der Waals surface area contributed by atoms with Gasteiger partial charge >= 0.3 is 0 Å². The zero-order valence-electron chi connectivity index (χ0n) is 10.4. The largest absolute Gasteiger partial charge is 0.386 e. The predicted octanol–water partition coefficient (Wildman–Crippen LogP) is 1.71. The van der Waals surface area contributed by atoms with Crippen LogP contribution in [0, 0.1) is 11.3 Å². The summed E-state index contributed by atoms with van der Waals surface area (Å²) in [6.07, 6.45) is 2.31. The van der Waals surface area contributed by atoms with Gasteiger partial charge in [0.15, 0.2) is 0 Å². The molecule has 0 aliphatic carbocycles. The van der Waals surface area contributed by atoms with E-state index in [2.05, 4.69) is 10.6 Å². The maximum absolute atomic E-state index is 11.5. The third-order valence-electron chi connectivity index (χ3n) is 2.30. The lowest BCUT2D eigenvalue weighted by Gasteiger charge is -2.03. The first kappa shape index (κ1) is 13.8. The van der Waals surface area contributed by atoms with Gasteiger partial charge in [0, 0.05) is 19.3 Å². The first-order chi connectivity index (χ1) is 8.77. The minimum absolute atomic E-state index is 0.0966. The SMILES string of the molecule is CCCNC(=O)/C(C#N)=C\NCc1ccccc1. The fraction of sp³-hybridized carbons (Fsp3) is 0.286. The molecule has 0 atom stereocenters. The number of nitriles is 1. The number of carbonyl (C=O) groups is 1. The highest BCUT2D eigenvalue weighted by molar-refractivity contribution is 5.97. The van der Waals surface area contributed by atoms with Crippen molar-refractivity contribution < 1.29 is 4.79 Å². The zero-order valence-corrected chi connectivity index (χ0v) is 10.4. The van der Waals surface area contributed by atoms with Gasteiger partial charge in [-0.1, -0.05) is 37.3 Å². The minimum atomic E-state index is -0.333. The van der Waals surface area contributed by atoms with Gasteiger partial charge in [0.1, 0.15) is 11.6 Å². The molecule has 0 fully saturated rings. The molecule has 2 N–H and O–H groups in total. The van der Waals surface area contributed by atoms with Crippen LogP contribution < -0.4 is 10.6 Å². The molecule has 1 rings (SSSR count). The van der Waals surface area contributed by atoms with E-state index < -0.39 is 0 Å². The van der Waals surface area contributed by atoms with E-state index in [1.165, 1.54) is 6.20 Å². The molecule has 0 aliphatic heterocycles. The Morgan fingerprint density at radius 2 is 2.11 bits per heavy atom. The molecular formula is C14H17N3O. The van der Waals surface area contributed by atoms with Gasteiger partial charge in [-0.05, 0) is 12.0 Å². The maximum Gasteiger partial charge on any atom is 0.263 e. The third kappa shape index (κ3) is 4.71. The number of nitrogens with one attached hydrogen (secondary N) is 2. The van der Waals surface area contributed by atoms with Gasteiger partial charge in [-0.25, -0.2) is 0 Å². The van der Waals surface area contributed by atoms with Gasteiger partial charge in [0.05, 0.1) is 0 Å². The second-order valence-corrected chi connectivity index (χ2v) is 3.79. The molecule has 0 heterocycles. The highest BCUT2D eigenvalue weighted by Gasteiger charge is 2.06. The highest BCUT2D eigenvalue weighted by atomic mass is 16.1. The van der Waals surface area contributed by atoms with Crippen molar-refractivity contribution in [2.24, 2.45) is 0 Å². The minimum Gasteiger partial charge on any atom is -0.386 e. The van der Waals surface area contributed by atoms with Crippen molar-refractivity contribution in [3.63, 3.8) is 0 Å². The van der Waals surface area contributed by atoms with Crippen molar-refractivity contribution >= 4 is 5.91 Å². The zero-order chi connectivity index (χ0) is 13.2. The van der Waals surface area contributed by atoms with Crippen LogP contribution in [0.3, 0.4) is 0 Å². The van der Waals surface area contributed by atoms with E-state index in [0.717, 1.165) is 12.0 Å². The van der Waals surface area contributed by atoms with Crippen LogP contribution >= 0.6 is 0 Å². The molecule has 1 amide bonds. The number of amides is 1. The van der Waals surface area contributed by atoms with Crippen molar-refractivity contribution in [3.8, 4) is 6.07 Å². The molecule has 0 unspecified atom stereocenters. The van der Waals surface area contributed by atoms with E-state index in [1.54, 1.807) is 0 Å². The Morgan fingerprint density at radius 3 is 2.72 bits per heavy atom. The van der Waals surface area contributed by atoms with Crippen molar-refractivity contribution in [1.82, 2.24) is 10.6 Å². The molecule has 1 aromatic rings. The Kier molecular flexibility index (Phi) is 6.05. The summed E-state index contributed by atoms with van der Waals surface area (Å²) in [6, 6.07) is 11.7. The van der Waals surface area contributed by atoms with Crippen LogP contribution in [0.1, 0.15) is 18.9 Å². The molecule has 0 radical (unpaired) electrons. The van der Waals surface area contributed by atoms with Crippen LogP contribution in [0.25, 0.3) is 0 Å². The van der Waals surface area contributed by atoms with Gasteiger partial charge in [-0.15, -0.1) is 0 Å². The van der Waals surface area contributed by atoms with Crippen molar-refractivity contribution in [2.45, 2.75) is 19.9 Å². The lowest BCUT2D eigenvalue weighted by molar-refractivity contribution is -0.117. The highest BCUT2D eigenvalue weighted by Crippen LogP contribution is 1.98. The molecule has 0 saturated carbocycles. The normalized spacial score (nSPS) is 10.6. The Morgan fingerprint density at radius 1 is 1.39 bits per heavy atom. The topological polar surface area (TPSA) is 64.9 Å². The fourth-order valence-corrected chi connectivity index (χ4v) is 1.35. The molecule has 18 heavy (non-hydrogen) atoms. The van der Waals surface area contributed by atoms with E-state index in [9.17, 15) is 4.79 Å². The fourth-order valence-electron chi connectivity index (χ4n) is 1.35. The Hall–Kier alpha value is -2.28. The number of benzene rings is 1. The summed E-state index contributed by atoms with van der Waals surface area (Å²) in [5, 5.41) is 14.5. The number of carbonyl (C=O) groups excluding carboxylic acids is 1. The van der Waals surface area contributed by atoms with Crippen molar-refractivity contribution in [1.29, 1.82) is 5.26 Å². The van der Waals surface area contributed by atoms with Gasteiger partial charge in [0.25, 0.3) is 5.91 Å². The van der Waals surface area contributed by atoms with Gasteiger partial charge in [0.2, 0.25) is 0 Å². The van der Waals surface area contributed by atoms with Gasteiger partial charge < -0.3 is 10.6 Å². The van der Waals surface area contributed by atoms with Gasteiger partial charge in [-0.3, -0.25) is 4.79 Å². The molecule has 94 valence electrons. The molecule has 0 aromatic heterocycles. The first-order valence-corrected chi connectivity index (χ1v) is 5.93. The summed E-state index contributed by atoms with van der Waals surface area (Å²) < 4.78 is 0. The van der Waals surface area contributed by atoms with E-state index in [4.69, 9.17) is 5.26 Å². The average Bonchev–Trinajstić information content (AvgIpc) is 2.42. The standard InChI is InChI=1S/C14H17N3O/c1-2-8-17-14(18)13(9-15)11-16-10-12-6-4-3-5-7-12/h3-7,11,16H,2,8,10H2,1H3,(H,17,18)/b13-11-. The Labute approximate surface area is 107 Å². The van der Waals surface area contributed by atoms with Crippen molar-refractivity contribution in [2.75, 3.05) is 6.54 Å². The van der Waals surface area contributed by atoms with Crippen LogP contribution in [0.2, 0.25) is 0 Å². The van der Waals surface area contributed by atoms with Crippen LogP contribution in [-0.4, -0.2) is 12.5 Å². The van der Waals surface area contributed by atoms with Crippen LogP contribution in [0.5, 0.6) is 0 Å². The third-order valence-corrected chi connectivity index (χ3v) is 2.30. The van der Waals surface area contributed by atoms with E-state index >= 15 is 0 Å². The van der Waals surface area contributed by atoms with Crippen LogP contribution in [0.15, 0.2) is 42.1 Å². The maximum atomic E-state index is 11.5. The van der Waals surface area contributed by atoms with Crippen molar-refractivity contribution in [3.05, 3.63) is 47.7 Å². The smallest absolute Gasteiger partial charge is 0.263 e. The van der Waals surface area contributed by atoms with E-state index in [0.29, 0.717) is 13.1 Å². The number of nitrogens with zero attached hydrogens (tertiary/aromatic N) is 1. The number of hydrogen-bond acceptors (Lipinski definition) is 3. The summed E-state index contributed by atoms with van der Waals surface area (Å²) in [7, 11) is 0. The molecule has 1 aromatic carbocycles. The second kappa shape index (κ2) is 7.91. The second-order valence-electron chi connectivity index (χ2n) is 3.79. The molecule has 0 aliphatic rings. The molecule has 4 heteroatoms. The Bertz CT molecular complexity index is 446. The molecule has 0 spiro atoms. The summed E-state index contributed by atoms with van der Waals surface area (Å²) in [4.78, 5) is 11.5. The van der Waals surface area contributed by atoms with E-state index in [-0.39, 0.29) is 11.5 Å². The van der Waals surface area contributed by atoms with Gasteiger partial charge in [-0.2, -0.15) is 5.26 Å². The molecule has 0 bridgehead atoms. The monoisotopic (exact) mass is 243 g/mol. The predicted molar refractivity (Wildman–Crippen MR) is 70.3 cm³/mol. The average molecular weight is 243 g/mol. The lowest BCUT2D eigenvalue weighted by Crippen LogP contribution is -2.26. The summed E-state index contributed by atoms with van der Waals surface area (Å²) >= 11 is 0. The molecule has 4 nitrogen and oxygen atoms in total. The lowest BCUT2D eigenvalue weighted by atomic mass is 10.2. The summed E-state index contributed by atoms with van der Waals surface area (Å²) in [5.41, 5.74) is 1.19. The molecular weight excluding hydrogens is 226 g/mol. The molecule has 0 saturated heterocycles. The number of rotatable bonds is 6. The Balaban J connectivity index is 2.48. The van der Waals surface area contributed by atoms with Crippen LogP contribution in [-0.2, 0) is 11.3 Å². The van der Waals surface area contributed by atoms with E-state index in [1.807, 2.05) is 43.3 Å². The van der Waals surface area contributed by atoms with Crippen LogP contribution in [0.4, 0.5) is 0 Å². The summed E-state index contributed by atoms with van der Waals surface area (Å²) in [5.74, 6) is -0.333. The first-order valence-electron chi connectivity index (χ1n) is 5.93.